The van der Waals surface area contributed by atoms with Gasteiger partial charge in [0.2, 0.25) is 0 Å². The van der Waals surface area contributed by atoms with E-state index in [4.69, 9.17) is 5.73 Å². The summed E-state index contributed by atoms with van der Waals surface area (Å²) < 4.78 is 5.18. The lowest BCUT2D eigenvalue weighted by molar-refractivity contribution is -0.645. The third-order valence-electron chi connectivity index (χ3n) is 3.11. The lowest BCUT2D eigenvalue weighted by Gasteiger charge is -1.92. The summed E-state index contributed by atoms with van der Waals surface area (Å²) in [6.45, 7) is 3.40. The predicted octanol–water partition coefficient (Wildman–Crippen LogP) is -2.11. The van der Waals surface area contributed by atoms with Gasteiger partial charge in [0, 0.05) is 19.4 Å². The number of aromatic amines is 1. The highest BCUT2D eigenvalue weighted by atomic mass is 79.9. The van der Waals surface area contributed by atoms with Crippen LogP contribution < -0.4 is 32.8 Å². The number of hydrogen-bond donors (Lipinski definition) is 2. The molecule has 9 nitrogen and oxygen atoms in total. The van der Waals surface area contributed by atoms with Crippen molar-refractivity contribution in [2.24, 2.45) is 19.8 Å². The molecule has 3 rings (SSSR count). The van der Waals surface area contributed by atoms with E-state index in [0.717, 1.165) is 5.69 Å². The van der Waals surface area contributed by atoms with Gasteiger partial charge in [-0.25, -0.2) is 9.55 Å². The number of nitrogens with zero attached hydrogens (tertiary/aromatic N) is 4. The number of rotatable bonds is 2. The number of Topliss-reactive ketones (excluding diaryl/α,β-unsaturated/α-hetero) is 1. The number of fused-ring (bicyclic) bond motifs is 1. The molecule has 3 N–H and O–H groups in total. The standard InChI is InChI=1S/C8H9N3O.C5H7N3O.C3H5BrO.CH4.BrH/c1-6-5-11-4-3-10(2)8(11)7(12)9-6;1-8-3-2-7-5(8)4(6)9;1-3(5)2-4;;/h3-5H,1-2H3;2-3H,1H3,(H2,6,9);2H2,1H3;1H4;1H. The Morgan fingerprint density at radius 2 is 1.93 bits per heavy atom. The summed E-state index contributed by atoms with van der Waals surface area (Å²) in [5, 5.41) is 0.479. The maximum Gasteiger partial charge on any atom is 0.352 e. The average molecular weight is 522 g/mol. The van der Waals surface area contributed by atoms with Crippen LogP contribution in [0, 0.1) is 6.92 Å². The summed E-state index contributed by atoms with van der Waals surface area (Å²) >= 11 is 2.96. The van der Waals surface area contributed by atoms with Gasteiger partial charge in [0.05, 0.1) is 18.1 Å². The quantitative estimate of drug-likeness (QED) is 0.296. The molecule has 0 aliphatic carbocycles. The number of carbonyl (C=O) groups is 2. The fourth-order valence-electron chi connectivity index (χ4n) is 1.96. The number of nitrogens with one attached hydrogen (secondary N) is 1. The van der Waals surface area contributed by atoms with Crippen LogP contribution in [0.1, 0.15) is 30.7 Å². The van der Waals surface area contributed by atoms with E-state index < -0.39 is 5.91 Å². The molecule has 156 valence electrons. The molecule has 3 aromatic rings. The van der Waals surface area contributed by atoms with Crippen LogP contribution in [0.4, 0.5) is 0 Å². The van der Waals surface area contributed by atoms with Gasteiger partial charge in [0.1, 0.15) is 24.4 Å². The van der Waals surface area contributed by atoms with Crippen molar-refractivity contribution in [3.8, 4) is 0 Å². The van der Waals surface area contributed by atoms with E-state index >= 15 is 0 Å². The van der Waals surface area contributed by atoms with E-state index in [1.54, 1.807) is 22.4 Å². The number of aryl methyl sites for hydroxylation is 3. The van der Waals surface area contributed by atoms with Gasteiger partial charge in [-0.15, -0.1) is 0 Å². The highest BCUT2D eigenvalue weighted by molar-refractivity contribution is 9.09. The number of H-pyrrole nitrogens is 1. The Kier molecular flexibility index (Phi) is 13.0. The van der Waals surface area contributed by atoms with E-state index in [0.29, 0.717) is 11.0 Å². The molecule has 11 heteroatoms. The smallest absolute Gasteiger partial charge is 0.352 e. The first kappa shape index (κ1) is 27.9. The van der Waals surface area contributed by atoms with Gasteiger partial charge < -0.3 is 32.3 Å². The van der Waals surface area contributed by atoms with Crippen LogP contribution in [0.15, 0.2) is 35.8 Å². The molecular formula is C17H26Br2N6O3. The summed E-state index contributed by atoms with van der Waals surface area (Å²) in [6.07, 6.45) is 8.79. The zero-order chi connectivity index (χ0) is 19.9. The minimum atomic E-state index is -0.498. The second-order valence-electron chi connectivity index (χ2n) is 5.47. The molecule has 0 fully saturated rings. The van der Waals surface area contributed by atoms with Crippen molar-refractivity contribution in [2.45, 2.75) is 21.3 Å². The number of aromatic nitrogens is 5. The van der Waals surface area contributed by atoms with Crippen LogP contribution >= 0.6 is 15.9 Å². The van der Waals surface area contributed by atoms with Gasteiger partial charge in [0.15, 0.2) is 5.82 Å². The number of imidazole rings is 2. The molecule has 0 bridgehead atoms. The second kappa shape index (κ2) is 13.0. The van der Waals surface area contributed by atoms with Crippen molar-refractivity contribution >= 4 is 33.3 Å². The highest BCUT2D eigenvalue weighted by Crippen LogP contribution is 1.92. The molecule has 0 aromatic carbocycles. The first-order chi connectivity index (χ1) is 12.2. The van der Waals surface area contributed by atoms with E-state index in [2.05, 4.69) is 25.9 Å². The zero-order valence-corrected chi connectivity index (χ0v) is 18.6. The summed E-state index contributed by atoms with van der Waals surface area (Å²) in [5.74, 6) is -0.0394. The van der Waals surface area contributed by atoms with Gasteiger partial charge in [-0.2, -0.15) is 4.40 Å². The monoisotopic (exact) mass is 520 g/mol. The lowest BCUT2D eigenvalue weighted by atomic mass is 10.5. The van der Waals surface area contributed by atoms with E-state index in [1.807, 2.05) is 37.0 Å². The first-order valence-electron chi connectivity index (χ1n) is 7.56. The minimum absolute atomic E-state index is 0. The molecular weight excluding hydrogens is 496 g/mol. The Hall–Kier alpha value is -2.27. The third-order valence-corrected chi connectivity index (χ3v) is 3.90. The topological polar surface area (TPSA) is 119 Å². The number of primary amides is 1. The Labute approximate surface area is 182 Å². The molecule has 3 heterocycles. The number of nitrogens with two attached hydrogens (primary N) is 1. The van der Waals surface area contributed by atoms with Crippen LogP contribution in [0.25, 0.3) is 5.65 Å². The van der Waals surface area contributed by atoms with E-state index in [1.165, 1.54) is 13.1 Å². The average Bonchev–Trinajstić information content (AvgIpc) is 3.14. The normalized spacial score (nSPS) is 9.04. The van der Waals surface area contributed by atoms with Crippen molar-refractivity contribution in [3.63, 3.8) is 0 Å². The molecule has 0 radical (unpaired) electrons. The Balaban J connectivity index is 0. The van der Waals surface area contributed by atoms with Crippen LogP contribution in [-0.4, -0.2) is 36.0 Å². The number of carbonyl (C=O) groups excluding carboxylic acids is 2. The van der Waals surface area contributed by atoms with Gasteiger partial charge in [-0.1, -0.05) is 23.4 Å². The maximum absolute atomic E-state index is 11.4. The largest absolute Gasteiger partial charge is 1.00 e. The summed E-state index contributed by atoms with van der Waals surface area (Å²) in [4.78, 5) is 38.0. The van der Waals surface area contributed by atoms with Crippen molar-refractivity contribution in [1.29, 1.82) is 0 Å². The molecule has 3 aromatic heterocycles. The lowest BCUT2D eigenvalue weighted by Crippen LogP contribution is -3.00. The van der Waals surface area contributed by atoms with Gasteiger partial charge in [0.25, 0.3) is 5.91 Å². The van der Waals surface area contributed by atoms with E-state index in [-0.39, 0.29) is 41.6 Å². The predicted molar refractivity (Wildman–Crippen MR) is 107 cm³/mol. The fourth-order valence-corrected chi connectivity index (χ4v) is 1.96. The Bertz CT molecular complexity index is 961. The van der Waals surface area contributed by atoms with Crippen molar-refractivity contribution in [1.82, 2.24) is 18.9 Å². The minimum Gasteiger partial charge on any atom is -1.00 e. The molecule has 28 heavy (non-hydrogen) atoms. The van der Waals surface area contributed by atoms with Crippen LogP contribution in [0.3, 0.4) is 0 Å². The first-order valence-corrected chi connectivity index (χ1v) is 8.68. The van der Waals surface area contributed by atoms with Gasteiger partial charge in [-0.3, -0.25) is 14.4 Å². The van der Waals surface area contributed by atoms with Gasteiger partial charge >= 0.3 is 11.2 Å². The molecule has 0 saturated heterocycles. The van der Waals surface area contributed by atoms with Gasteiger partial charge in [-0.05, 0) is 13.8 Å². The molecule has 0 aliphatic heterocycles. The number of ketones is 1. The number of hydrogen-bond acceptors (Lipinski definition) is 4. The molecule has 0 unspecified atom stereocenters. The molecule has 0 spiro atoms. The highest BCUT2D eigenvalue weighted by Gasteiger charge is 2.10. The van der Waals surface area contributed by atoms with Crippen molar-refractivity contribution in [2.75, 3.05) is 5.33 Å². The summed E-state index contributed by atoms with van der Waals surface area (Å²) in [6, 6.07) is 0. The SMILES string of the molecule is C.CC(=O)CBr.Cc1cn2cc[n+](C)c2c(=O)[nH]1.Cn1ccnc1C(N)=O.[Br-]. The van der Waals surface area contributed by atoms with Crippen molar-refractivity contribution < 1.29 is 31.1 Å². The van der Waals surface area contributed by atoms with Crippen LogP contribution in [-0.2, 0) is 18.9 Å². The molecule has 0 aliphatic rings. The van der Waals surface area contributed by atoms with Crippen LogP contribution in [0.2, 0.25) is 0 Å². The number of amides is 1. The molecule has 1 amide bonds. The third kappa shape index (κ3) is 8.17. The Morgan fingerprint density at radius 3 is 2.32 bits per heavy atom. The summed E-state index contributed by atoms with van der Waals surface area (Å²) in [7, 11) is 3.56. The molecule has 0 saturated carbocycles. The second-order valence-corrected chi connectivity index (χ2v) is 6.03. The number of alkyl halides is 1. The summed E-state index contributed by atoms with van der Waals surface area (Å²) in [5.41, 5.74) is 6.40. The van der Waals surface area contributed by atoms with E-state index in [9.17, 15) is 14.4 Å². The molecule has 0 atom stereocenters. The van der Waals surface area contributed by atoms with Crippen molar-refractivity contribution in [3.05, 3.63) is 52.9 Å². The zero-order valence-electron chi connectivity index (χ0n) is 15.4. The fraction of sp³-hybridized carbons (Fsp3) is 0.353. The van der Waals surface area contributed by atoms with Crippen LogP contribution in [0.5, 0.6) is 0 Å². The Morgan fingerprint density at radius 1 is 1.36 bits per heavy atom. The number of halogens is 2. The maximum atomic E-state index is 11.4.